The SMILES string of the molecule is Cc1nnc(SCCCNc2cc(C3CCOC3)nc(N)n2)s1. The van der Waals surface area contributed by atoms with Gasteiger partial charge in [-0.15, -0.1) is 10.2 Å². The predicted molar refractivity (Wildman–Crippen MR) is 93.1 cm³/mol. The Morgan fingerprint density at radius 3 is 3.09 bits per heavy atom. The Hall–Kier alpha value is -1.45. The van der Waals surface area contributed by atoms with Crippen molar-refractivity contribution in [2.24, 2.45) is 0 Å². The summed E-state index contributed by atoms with van der Waals surface area (Å²) in [7, 11) is 0. The second-order valence-electron chi connectivity index (χ2n) is 5.31. The van der Waals surface area contributed by atoms with Crippen LogP contribution in [0, 0.1) is 6.92 Å². The molecule has 3 rings (SSSR count). The number of hydrogen-bond acceptors (Lipinski definition) is 9. The zero-order valence-corrected chi connectivity index (χ0v) is 14.6. The lowest BCUT2D eigenvalue weighted by Gasteiger charge is -2.11. The highest BCUT2D eigenvalue weighted by atomic mass is 32.2. The van der Waals surface area contributed by atoms with Gasteiger partial charge in [-0.1, -0.05) is 23.1 Å². The van der Waals surface area contributed by atoms with Gasteiger partial charge in [0.1, 0.15) is 10.8 Å². The maximum Gasteiger partial charge on any atom is 0.222 e. The van der Waals surface area contributed by atoms with Crippen LogP contribution in [0.3, 0.4) is 0 Å². The molecule has 7 nitrogen and oxygen atoms in total. The van der Waals surface area contributed by atoms with Gasteiger partial charge in [-0.2, -0.15) is 4.98 Å². The quantitative estimate of drug-likeness (QED) is 0.578. The Balaban J connectivity index is 1.46. The van der Waals surface area contributed by atoms with Crippen LogP contribution >= 0.6 is 23.1 Å². The Labute approximate surface area is 143 Å². The molecule has 3 N–H and O–H groups in total. The second kappa shape index (κ2) is 7.89. The van der Waals surface area contributed by atoms with Crippen LogP contribution in [0.5, 0.6) is 0 Å². The molecule has 2 aromatic heterocycles. The van der Waals surface area contributed by atoms with Gasteiger partial charge in [0.2, 0.25) is 5.95 Å². The number of hydrogen-bond donors (Lipinski definition) is 2. The number of nitrogen functional groups attached to an aromatic ring is 1. The third kappa shape index (κ3) is 4.76. The number of aryl methyl sites for hydroxylation is 1. The zero-order chi connectivity index (χ0) is 16.1. The Morgan fingerprint density at radius 2 is 2.35 bits per heavy atom. The molecule has 1 aliphatic heterocycles. The van der Waals surface area contributed by atoms with Crippen LogP contribution in [0.1, 0.15) is 29.5 Å². The average molecular weight is 352 g/mol. The number of nitrogens with two attached hydrogens (primary N) is 1. The van der Waals surface area contributed by atoms with Crippen molar-refractivity contribution in [1.29, 1.82) is 0 Å². The van der Waals surface area contributed by atoms with Crippen molar-refractivity contribution < 1.29 is 4.74 Å². The Kier molecular flexibility index (Phi) is 5.63. The van der Waals surface area contributed by atoms with Crippen molar-refractivity contribution in [3.05, 3.63) is 16.8 Å². The molecule has 0 amide bonds. The van der Waals surface area contributed by atoms with E-state index in [4.69, 9.17) is 10.5 Å². The smallest absolute Gasteiger partial charge is 0.222 e. The highest BCUT2D eigenvalue weighted by Gasteiger charge is 2.20. The largest absolute Gasteiger partial charge is 0.381 e. The monoisotopic (exact) mass is 352 g/mol. The van der Waals surface area contributed by atoms with Gasteiger partial charge >= 0.3 is 0 Å². The Bertz CT molecular complexity index is 644. The van der Waals surface area contributed by atoms with Gasteiger partial charge in [0, 0.05) is 30.9 Å². The molecule has 0 aromatic carbocycles. The van der Waals surface area contributed by atoms with E-state index in [9.17, 15) is 0 Å². The molecular weight excluding hydrogens is 332 g/mol. The third-order valence-corrected chi connectivity index (χ3v) is 5.53. The molecule has 2 aromatic rings. The first kappa shape index (κ1) is 16.4. The minimum Gasteiger partial charge on any atom is -0.381 e. The van der Waals surface area contributed by atoms with Crippen molar-refractivity contribution >= 4 is 34.9 Å². The molecule has 1 unspecified atom stereocenters. The summed E-state index contributed by atoms with van der Waals surface area (Å²) in [6.07, 6.45) is 2.00. The van der Waals surface area contributed by atoms with Crippen molar-refractivity contribution in [3.63, 3.8) is 0 Å². The number of nitrogens with one attached hydrogen (secondary N) is 1. The minimum atomic E-state index is 0.315. The molecule has 1 saturated heterocycles. The number of aromatic nitrogens is 4. The number of anilines is 2. The van der Waals surface area contributed by atoms with E-state index in [0.29, 0.717) is 18.5 Å². The van der Waals surface area contributed by atoms with Gasteiger partial charge in [0.25, 0.3) is 0 Å². The van der Waals surface area contributed by atoms with Crippen LogP contribution in [-0.2, 0) is 4.74 Å². The van der Waals surface area contributed by atoms with E-state index in [2.05, 4.69) is 25.5 Å². The van der Waals surface area contributed by atoms with E-state index < -0.39 is 0 Å². The van der Waals surface area contributed by atoms with Gasteiger partial charge in [0.05, 0.1) is 12.3 Å². The van der Waals surface area contributed by atoms with Crippen molar-refractivity contribution in [2.75, 3.05) is 36.6 Å². The van der Waals surface area contributed by atoms with E-state index in [0.717, 1.165) is 52.6 Å². The van der Waals surface area contributed by atoms with E-state index in [1.807, 2.05) is 13.0 Å². The normalized spacial score (nSPS) is 17.5. The lowest BCUT2D eigenvalue weighted by molar-refractivity contribution is 0.193. The van der Waals surface area contributed by atoms with Gasteiger partial charge in [-0.05, 0) is 19.8 Å². The van der Waals surface area contributed by atoms with Crippen molar-refractivity contribution in [3.8, 4) is 0 Å². The summed E-state index contributed by atoms with van der Waals surface area (Å²) in [5, 5.41) is 12.4. The summed E-state index contributed by atoms with van der Waals surface area (Å²) < 4.78 is 6.44. The summed E-state index contributed by atoms with van der Waals surface area (Å²) in [5.74, 6) is 2.43. The first-order valence-electron chi connectivity index (χ1n) is 7.59. The number of ether oxygens (including phenoxy) is 1. The van der Waals surface area contributed by atoms with Crippen LogP contribution < -0.4 is 11.1 Å². The fraction of sp³-hybridized carbons (Fsp3) is 0.571. The predicted octanol–water partition coefficient (Wildman–Crippen LogP) is 2.32. The van der Waals surface area contributed by atoms with E-state index in [1.165, 1.54) is 0 Å². The molecule has 0 aliphatic carbocycles. The van der Waals surface area contributed by atoms with Crippen LogP contribution in [0.2, 0.25) is 0 Å². The van der Waals surface area contributed by atoms with Crippen molar-refractivity contribution in [2.45, 2.75) is 30.0 Å². The zero-order valence-electron chi connectivity index (χ0n) is 13.0. The standard InChI is InChI=1S/C14H20N6OS2/c1-9-19-20-14(23-9)22-6-2-4-16-12-7-11(17-13(15)18-12)10-3-5-21-8-10/h7,10H,2-6,8H2,1H3,(H3,15,16,17,18). The van der Waals surface area contributed by atoms with Crippen LogP contribution in [0.25, 0.3) is 0 Å². The van der Waals surface area contributed by atoms with E-state index >= 15 is 0 Å². The maximum atomic E-state index is 5.81. The van der Waals surface area contributed by atoms with Gasteiger partial charge in [0.15, 0.2) is 4.34 Å². The number of nitrogens with zero attached hydrogens (tertiary/aromatic N) is 4. The Morgan fingerprint density at radius 1 is 1.43 bits per heavy atom. The number of thioether (sulfide) groups is 1. The van der Waals surface area contributed by atoms with Crippen molar-refractivity contribution in [1.82, 2.24) is 20.2 Å². The third-order valence-electron chi connectivity index (χ3n) is 3.47. The summed E-state index contributed by atoms with van der Waals surface area (Å²) >= 11 is 3.37. The highest BCUT2D eigenvalue weighted by molar-refractivity contribution is 8.01. The average Bonchev–Trinajstić information content (AvgIpc) is 3.18. The lowest BCUT2D eigenvalue weighted by atomic mass is 10.0. The molecule has 23 heavy (non-hydrogen) atoms. The van der Waals surface area contributed by atoms with Crippen LogP contribution in [0.15, 0.2) is 10.4 Å². The summed E-state index contributed by atoms with van der Waals surface area (Å²) in [4.78, 5) is 8.58. The molecule has 124 valence electrons. The molecule has 0 radical (unpaired) electrons. The van der Waals surface area contributed by atoms with Gasteiger partial charge < -0.3 is 15.8 Å². The first-order valence-corrected chi connectivity index (χ1v) is 9.40. The second-order valence-corrected chi connectivity index (χ2v) is 7.84. The summed E-state index contributed by atoms with van der Waals surface area (Å²) in [6, 6.07) is 1.98. The maximum absolute atomic E-state index is 5.81. The molecule has 0 spiro atoms. The van der Waals surface area contributed by atoms with Gasteiger partial charge in [-0.25, -0.2) is 4.98 Å². The van der Waals surface area contributed by atoms with Crippen LogP contribution in [0.4, 0.5) is 11.8 Å². The molecular formula is C14H20N6OS2. The summed E-state index contributed by atoms with van der Waals surface area (Å²) in [6.45, 7) is 4.31. The molecule has 9 heteroatoms. The fourth-order valence-electron chi connectivity index (χ4n) is 2.34. The molecule has 3 heterocycles. The summed E-state index contributed by atoms with van der Waals surface area (Å²) in [5.41, 5.74) is 6.78. The number of rotatable bonds is 7. The molecule has 1 aliphatic rings. The lowest BCUT2D eigenvalue weighted by Crippen LogP contribution is -2.10. The van der Waals surface area contributed by atoms with E-state index in [1.54, 1.807) is 23.1 Å². The fourth-order valence-corrected chi connectivity index (χ4v) is 4.16. The van der Waals surface area contributed by atoms with Crippen LogP contribution in [-0.4, -0.2) is 45.7 Å². The van der Waals surface area contributed by atoms with Gasteiger partial charge in [-0.3, -0.25) is 0 Å². The molecule has 0 saturated carbocycles. The highest BCUT2D eigenvalue weighted by Crippen LogP contribution is 2.26. The minimum absolute atomic E-state index is 0.315. The first-order chi connectivity index (χ1) is 11.2. The van der Waals surface area contributed by atoms with E-state index in [-0.39, 0.29) is 0 Å². The molecule has 0 bridgehead atoms. The molecule has 1 atom stereocenters. The topological polar surface area (TPSA) is 98.8 Å². The molecule has 1 fully saturated rings.